The van der Waals surface area contributed by atoms with Crippen LogP contribution >= 0.6 is 0 Å². The van der Waals surface area contributed by atoms with E-state index in [9.17, 15) is 0 Å². The molecule has 0 spiro atoms. The number of hydrogen-bond donors (Lipinski definition) is 1. The van der Waals surface area contributed by atoms with Gasteiger partial charge >= 0.3 is 0 Å². The van der Waals surface area contributed by atoms with E-state index in [0.29, 0.717) is 5.41 Å². The Morgan fingerprint density at radius 2 is 1.95 bits per heavy atom. The average molecular weight is 255 g/mol. The Balaban J connectivity index is 1.74. The molecule has 19 heavy (non-hydrogen) atoms. The first kappa shape index (κ1) is 12.3. The number of hydrogen-bond acceptors (Lipinski definition) is 2. The second-order valence-corrected chi connectivity index (χ2v) is 5.83. The fourth-order valence-electron chi connectivity index (χ4n) is 2.93. The molecule has 1 aliphatic rings. The van der Waals surface area contributed by atoms with Crippen LogP contribution < -0.4 is 5.32 Å². The van der Waals surface area contributed by atoms with E-state index in [-0.39, 0.29) is 0 Å². The van der Waals surface area contributed by atoms with Gasteiger partial charge < -0.3 is 5.32 Å². The van der Waals surface area contributed by atoms with Crippen molar-refractivity contribution >= 4 is 5.95 Å². The summed E-state index contributed by atoms with van der Waals surface area (Å²) in [6.07, 6.45) is 9.25. The third kappa shape index (κ3) is 2.65. The van der Waals surface area contributed by atoms with Crippen molar-refractivity contribution in [3.63, 3.8) is 0 Å². The number of nitrogens with zero attached hydrogens (tertiary/aromatic N) is 2. The fraction of sp³-hybridized carbons (Fsp3) is 0.438. The van der Waals surface area contributed by atoms with Gasteiger partial charge in [-0.25, -0.2) is 4.98 Å². The molecule has 0 atom stereocenters. The van der Waals surface area contributed by atoms with Gasteiger partial charge in [0.15, 0.2) is 0 Å². The number of anilines is 1. The van der Waals surface area contributed by atoms with E-state index >= 15 is 0 Å². The first-order valence-corrected chi connectivity index (χ1v) is 7.10. The van der Waals surface area contributed by atoms with Crippen LogP contribution in [-0.4, -0.2) is 16.1 Å². The predicted molar refractivity (Wildman–Crippen MR) is 78.6 cm³/mol. The van der Waals surface area contributed by atoms with Gasteiger partial charge in [0.1, 0.15) is 0 Å². The highest BCUT2D eigenvalue weighted by atomic mass is 15.2. The molecule has 0 radical (unpaired) electrons. The van der Waals surface area contributed by atoms with Crippen molar-refractivity contribution in [2.45, 2.75) is 32.6 Å². The number of imidazole rings is 1. The molecule has 3 nitrogen and oxygen atoms in total. The molecule has 0 aliphatic heterocycles. The summed E-state index contributed by atoms with van der Waals surface area (Å²) in [5.74, 6) is 0.944. The van der Waals surface area contributed by atoms with Crippen LogP contribution in [-0.2, 0) is 0 Å². The number of nitrogens with one attached hydrogen (secondary N) is 1. The Hall–Kier alpha value is -1.77. The van der Waals surface area contributed by atoms with Gasteiger partial charge in [-0.2, -0.15) is 0 Å². The fourth-order valence-corrected chi connectivity index (χ4v) is 2.93. The molecule has 1 N–H and O–H groups in total. The van der Waals surface area contributed by atoms with E-state index in [4.69, 9.17) is 0 Å². The monoisotopic (exact) mass is 255 g/mol. The summed E-state index contributed by atoms with van der Waals surface area (Å²) < 4.78 is 2.11. The van der Waals surface area contributed by atoms with Crippen LogP contribution in [0, 0.1) is 5.41 Å². The highest BCUT2D eigenvalue weighted by molar-refractivity contribution is 5.41. The Labute approximate surface area is 114 Å². The molecule has 1 saturated carbocycles. The molecular formula is C16H21N3. The van der Waals surface area contributed by atoms with Gasteiger partial charge in [-0.3, -0.25) is 4.57 Å². The van der Waals surface area contributed by atoms with E-state index in [1.807, 2.05) is 18.5 Å². The molecule has 1 aromatic heterocycles. The summed E-state index contributed by atoms with van der Waals surface area (Å²) in [4.78, 5) is 4.44. The minimum absolute atomic E-state index is 0.438. The summed E-state index contributed by atoms with van der Waals surface area (Å²) in [6.45, 7) is 3.39. The van der Waals surface area contributed by atoms with Crippen LogP contribution in [0.5, 0.6) is 0 Å². The van der Waals surface area contributed by atoms with Gasteiger partial charge in [0.05, 0.1) is 0 Å². The van der Waals surface area contributed by atoms with Crippen LogP contribution in [0.25, 0.3) is 5.69 Å². The zero-order valence-corrected chi connectivity index (χ0v) is 11.5. The topological polar surface area (TPSA) is 29.9 Å². The van der Waals surface area contributed by atoms with Gasteiger partial charge in [0.25, 0.3) is 0 Å². The van der Waals surface area contributed by atoms with Gasteiger partial charge in [-0.1, -0.05) is 38.0 Å². The molecule has 1 aliphatic carbocycles. The summed E-state index contributed by atoms with van der Waals surface area (Å²) in [6, 6.07) is 10.3. The van der Waals surface area contributed by atoms with Gasteiger partial charge in [0.2, 0.25) is 5.95 Å². The van der Waals surface area contributed by atoms with Crippen LogP contribution in [0.1, 0.15) is 32.6 Å². The number of para-hydroxylation sites is 1. The highest BCUT2D eigenvalue weighted by Crippen LogP contribution is 2.37. The van der Waals surface area contributed by atoms with E-state index < -0.39 is 0 Å². The smallest absolute Gasteiger partial charge is 0.207 e. The largest absolute Gasteiger partial charge is 0.355 e. The average Bonchev–Trinajstić information content (AvgIpc) is 3.07. The first-order chi connectivity index (χ1) is 9.27. The SMILES string of the molecule is CC1(CNc2nccn2-c2ccccc2)CCCC1. The van der Waals surface area contributed by atoms with Crippen molar-refractivity contribution in [3.8, 4) is 5.69 Å². The lowest BCUT2D eigenvalue weighted by Gasteiger charge is -2.24. The zero-order valence-electron chi connectivity index (χ0n) is 11.5. The third-order valence-corrected chi connectivity index (χ3v) is 4.16. The molecule has 0 bridgehead atoms. The van der Waals surface area contributed by atoms with E-state index in [1.54, 1.807) is 0 Å². The lowest BCUT2D eigenvalue weighted by Crippen LogP contribution is -2.24. The van der Waals surface area contributed by atoms with E-state index in [2.05, 4.69) is 46.1 Å². The molecule has 100 valence electrons. The lowest BCUT2D eigenvalue weighted by atomic mass is 9.89. The maximum atomic E-state index is 4.44. The van der Waals surface area contributed by atoms with Crippen molar-refractivity contribution in [1.82, 2.24) is 9.55 Å². The Morgan fingerprint density at radius 3 is 2.68 bits per heavy atom. The van der Waals surface area contributed by atoms with Crippen molar-refractivity contribution < 1.29 is 0 Å². The lowest BCUT2D eigenvalue weighted by molar-refractivity contribution is 0.361. The second-order valence-electron chi connectivity index (χ2n) is 5.83. The second kappa shape index (κ2) is 5.08. The Morgan fingerprint density at radius 1 is 1.21 bits per heavy atom. The van der Waals surface area contributed by atoms with Crippen LogP contribution in [0.3, 0.4) is 0 Å². The predicted octanol–water partition coefficient (Wildman–Crippen LogP) is 3.86. The number of aromatic nitrogens is 2. The quantitative estimate of drug-likeness (QED) is 0.899. The molecule has 0 saturated heterocycles. The van der Waals surface area contributed by atoms with Crippen LogP contribution in [0.15, 0.2) is 42.7 Å². The highest BCUT2D eigenvalue weighted by Gasteiger charge is 2.28. The van der Waals surface area contributed by atoms with Crippen LogP contribution in [0.2, 0.25) is 0 Å². The van der Waals surface area contributed by atoms with Gasteiger partial charge in [0, 0.05) is 24.6 Å². The molecule has 0 amide bonds. The van der Waals surface area contributed by atoms with Gasteiger partial charge in [-0.15, -0.1) is 0 Å². The van der Waals surface area contributed by atoms with Crippen LogP contribution in [0.4, 0.5) is 5.95 Å². The maximum absolute atomic E-state index is 4.44. The molecule has 1 fully saturated rings. The maximum Gasteiger partial charge on any atom is 0.207 e. The van der Waals surface area contributed by atoms with Gasteiger partial charge in [-0.05, 0) is 30.4 Å². The number of benzene rings is 1. The standard InChI is InChI=1S/C16H21N3/c1-16(9-5-6-10-16)13-18-15-17-11-12-19(15)14-7-3-2-4-8-14/h2-4,7-8,11-12H,5-6,9-10,13H2,1H3,(H,17,18). The zero-order chi connectivity index (χ0) is 13.1. The van der Waals surface area contributed by atoms with Crippen molar-refractivity contribution in [1.29, 1.82) is 0 Å². The van der Waals surface area contributed by atoms with E-state index in [0.717, 1.165) is 18.2 Å². The minimum atomic E-state index is 0.438. The Kier molecular flexibility index (Phi) is 3.28. The first-order valence-electron chi connectivity index (χ1n) is 7.10. The Bertz CT molecular complexity index is 524. The van der Waals surface area contributed by atoms with Crippen molar-refractivity contribution in [3.05, 3.63) is 42.7 Å². The molecule has 1 heterocycles. The molecular weight excluding hydrogens is 234 g/mol. The summed E-state index contributed by atoms with van der Waals surface area (Å²) in [5.41, 5.74) is 1.59. The number of rotatable bonds is 4. The summed E-state index contributed by atoms with van der Waals surface area (Å²) in [7, 11) is 0. The molecule has 1 aromatic carbocycles. The van der Waals surface area contributed by atoms with Crippen molar-refractivity contribution in [2.75, 3.05) is 11.9 Å². The van der Waals surface area contributed by atoms with E-state index in [1.165, 1.54) is 25.7 Å². The normalized spacial score (nSPS) is 17.5. The minimum Gasteiger partial charge on any atom is -0.355 e. The van der Waals surface area contributed by atoms with Crippen molar-refractivity contribution in [2.24, 2.45) is 5.41 Å². The molecule has 3 rings (SSSR count). The summed E-state index contributed by atoms with van der Waals surface area (Å²) in [5, 5.41) is 3.53. The third-order valence-electron chi connectivity index (χ3n) is 4.16. The summed E-state index contributed by atoms with van der Waals surface area (Å²) >= 11 is 0. The molecule has 2 aromatic rings. The molecule has 0 unspecified atom stereocenters. The molecule has 3 heteroatoms.